The first kappa shape index (κ1) is 40.5. The van der Waals surface area contributed by atoms with Gasteiger partial charge in [0, 0.05) is 0 Å². The second-order valence-corrected chi connectivity index (χ2v) is 8.61. The number of rotatable bonds is 13. The lowest BCUT2D eigenvalue weighted by atomic mass is 10.1. The van der Waals surface area contributed by atoms with Crippen LogP contribution in [0.4, 0.5) is 0 Å². The maximum atomic E-state index is 10.4. The molecule has 1 aromatic rings. The third kappa shape index (κ3) is 25.7. The Balaban J connectivity index is -0.000000465. The first-order chi connectivity index (χ1) is 18.3. The summed E-state index contributed by atoms with van der Waals surface area (Å²) in [6.07, 6.45) is 1.69. The molecule has 0 radical (unpaired) electrons. The van der Waals surface area contributed by atoms with Crippen LogP contribution in [0.2, 0.25) is 0 Å². The molecule has 0 bridgehead atoms. The number of carbonyl (C=O) groups is 6. The molecular weight excluding hydrogens is 560 g/mol. The SMILES string of the molecule is CSCC[C@H](N)C(=O)O.N[C@@H](CC(=O)O)C(=O)O.N[C@@H](CC(=O)O)C(=O)O.N[C@@H](Cc1ccc(O)cc1)C(=O)O. The number of hydrogen-bond acceptors (Lipinski definition) is 12. The van der Waals surface area contributed by atoms with Crippen LogP contribution < -0.4 is 22.9 Å². The van der Waals surface area contributed by atoms with Crippen molar-refractivity contribution in [2.75, 3.05) is 12.0 Å². The first-order valence-electron chi connectivity index (χ1n) is 11.0. The number of carboxylic acids is 6. The van der Waals surface area contributed by atoms with Gasteiger partial charge in [-0.15, -0.1) is 0 Å². The van der Waals surface area contributed by atoms with Crippen molar-refractivity contribution in [1.29, 1.82) is 0 Å². The average molecular weight is 597 g/mol. The summed E-state index contributed by atoms with van der Waals surface area (Å²) >= 11 is 1.60. The standard InChI is InChI=1S/C9H11NO3.C5H11NO2S.2C4H7NO4/c10-8(9(12)13)5-6-1-3-7(11)4-2-6;1-9-3-2-4(6)5(7)8;2*5-2(4(8)9)1-3(6)7/h1-4,8,11H,5,10H2,(H,12,13);4H,2-3,6H2,1H3,(H,7,8);2*2H,1,5H2,(H,6,7)(H,8,9)/t8-;4-;2*2-/m0000/s1. The molecule has 0 unspecified atom stereocenters. The summed E-state index contributed by atoms with van der Waals surface area (Å²) in [5.41, 5.74) is 21.0. The smallest absolute Gasteiger partial charge is 0.321 e. The Morgan fingerprint density at radius 2 is 1.00 bits per heavy atom. The zero-order valence-corrected chi connectivity index (χ0v) is 22.3. The van der Waals surface area contributed by atoms with Crippen molar-refractivity contribution >= 4 is 47.6 Å². The summed E-state index contributed by atoms with van der Waals surface area (Å²) in [5, 5.41) is 57.8. The molecule has 0 aliphatic rings. The molecule has 0 aliphatic heterocycles. The van der Waals surface area contributed by atoms with Crippen molar-refractivity contribution in [3.05, 3.63) is 29.8 Å². The second kappa shape index (κ2) is 23.0. The number of phenolic OH excluding ortho intramolecular Hbond substituents is 1. The minimum Gasteiger partial charge on any atom is -0.508 e. The summed E-state index contributed by atoms with van der Waals surface area (Å²) in [6, 6.07) is 2.16. The van der Waals surface area contributed by atoms with E-state index in [-0.39, 0.29) is 12.2 Å². The number of hydrogen-bond donors (Lipinski definition) is 11. The monoisotopic (exact) mass is 596 g/mol. The number of thioether (sulfide) groups is 1. The van der Waals surface area contributed by atoms with Crippen LogP contribution in [0.3, 0.4) is 0 Å². The number of nitrogens with two attached hydrogens (primary N) is 4. The van der Waals surface area contributed by atoms with E-state index in [1.54, 1.807) is 23.9 Å². The fraction of sp³-hybridized carbons (Fsp3) is 0.455. The second-order valence-electron chi connectivity index (χ2n) is 7.63. The van der Waals surface area contributed by atoms with E-state index in [1.807, 2.05) is 6.26 Å². The summed E-state index contributed by atoms with van der Waals surface area (Å²) in [5.74, 6) is -5.96. The van der Waals surface area contributed by atoms with Gasteiger partial charge >= 0.3 is 35.8 Å². The normalized spacial score (nSPS) is 12.6. The molecule has 228 valence electrons. The van der Waals surface area contributed by atoms with E-state index in [0.29, 0.717) is 6.42 Å². The summed E-state index contributed by atoms with van der Waals surface area (Å²) in [4.78, 5) is 59.7. The Morgan fingerprint density at radius 3 is 1.25 bits per heavy atom. The molecule has 17 nitrogen and oxygen atoms in total. The Kier molecular flexibility index (Phi) is 23.3. The van der Waals surface area contributed by atoms with Gasteiger partial charge in [0.05, 0.1) is 12.8 Å². The molecule has 4 atom stereocenters. The molecule has 15 N–H and O–H groups in total. The van der Waals surface area contributed by atoms with E-state index in [0.717, 1.165) is 11.3 Å². The molecule has 0 saturated heterocycles. The lowest BCUT2D eigenvalue weighted by molar-refractivity contribution is -0.144. The molecule has 40 heavy (non-hydrogen) atoms. The topological polar surface area (TPSA) is 348 Å². The van der Waals surface area contributed by atoms with Gasteiger partial charge in [-0.05, 0) is 42.5 Å². The van der Waals surface area contributed by atoms with Crippen LogP contribution in [-0.2, 0) is 35.2 Å². The average Bonchev–Trinajstić information content (AvgIpc) is 2.84. The van der Waals surface area contributed by atoms with E-state index >= 15 is 0 Å². The van der Waals surface area contributed by atoms with E-state index < -0.39 is 72.8 Å². The Labute approximate surface area is 232 Å². The van der Waals surface area contributed by atoms with Gasteiger partial charge in [-0.3, -0.25) is 28.8 Å². The van der Waals surface area contributed by atoms with E-state index in [1.165, 1.54) is 12.1 Å². The number of aliphatic carboxylic acids is 6. The number of benzene rings is 1. The minimum absolute atomic E-state index is 0.160. The van der Waals surface area contributed by atoms with Crippen molar-refractivity contribution in [3.63, 3.8) is 0 Å². The van der Waals surface area contributed by atoms with Gasteiger partial charge in [0.25, 0.3) is 0 Å². The molecular formula is C22H36N4O13S. The molecule has 0 aliphatic carbocycles. The molecule has 1 aromatic carbocycles. The molecule has 0 spiro atoms. The van der Waals surface area contributed by atoms with E-state index in [4.69, 9.17) is 58.7 Å². The maximum Gasteiger partial charge on any atom is 0.321 e. The van der Waals surface area contributed by atoms with Crippen LogP contribution in [0, 0.1) is 0 Å². The van der Waals surface area contributed by atoms with Crippen molar-refractivity contribution in [1.82, 2.24) is 0 Å². The highest BCUT2D eigenvalue weighted by Crippen LogP contribution is 2.10. The molecule has 0 amide bonds. The predicted molar refractivity (Wildman–Crippen MR) is 142 cm³/mol. The maximum absolute atomic E-state index is 10.4. The molecule has 18 heteroatoms. The number of phenols is 1. The summed E-state index contributed by atoms with van der Waals surface area (Å²) in [7, 11) is 0. The quantitative estimate of drug-likeness (QED) is 0.120. The zero-order chi connectivity index (χ0) is 32.0. The van der Waals surface area contributed by atoms with Crippen molar-refractivity contribution in [2.45, 2.75) is 49.9 Å². The zero-order valence-electron chi connectivity index (χ0n) is 21.5. The van der Waals surface area contributed by atoms with Crippen molar-refractivity contribution in [2.24, 2.45) is 22.9 Å². The predicted octanol–water partition coefficient (Wildman–Crippen LogP) is -1.76. The largest absolute Gasteiger partial charge is 0.508 e. The first-order valence-corrected chi connectivity index (χ1v) is 12.4. The molecule has 1 rings (SSSR count). The Bertz CT molecular complexity index is 915. The van der Waals surface area contributed by atoms with Crippen molar-refractivity contribution < 1.29 is 64.5 Å². The summed E-state index contributed by atoms with van der Waals surface area (Å²) < 4.78 is 0. The van der Waals surface area contributed by atoms with E-state index in [9.17, 15) is 28.8 Å². The van der Waals surface area contributed by atoms with Crippen LogP contribution in [0.25, 0.3) is 0 Å². The number of aromatic hydroxyl groups is 1. The highest BCUT2D eigenvalue weighted by molar-refractivity contribution is 7.98. The van der Waals surface area contributed by atoms with E-state index in [2.05, 4.69) is 0 Å². The Morgan fingerprint density at radius 1 is 0.650 bits per heavy atom. The van der Waals surface area contributed by atoms with Crippen LogP contribution >= 0.6 is 11.8 Å². The van der Waals surface area contributed by atoms with Gasteiger partial charge in [0.15, 0.2) is 0 Å². The van der Waals surface area contributed by atoms with Gasteiger partial charge in [-0.25, -0.2) is 0 Å². The van der Waals surface area contributed by atoms with Crippen LogP contribution in [0.1, 0.15) is 24.8 Å². The van der Waals surface area contributed by atoms with Crippen LogP contribution in [0.15, 0.2) is 24.3 Å². The molecule has 0 heterocycles. The number of carboxylic acid groups (broad SMARTS) is 6. The fourth-order valence-electron chi connectivity index (χ4n) is 1.89. The van der Waals surface area contributed by atoms with Gasteiger partial charge < -0.3 is 58.7 Å². The van der Waals surface area contributed by atoms with Gasteiger partial charge in [-0.2, -0.15) is 11.8 Å². The van der Waals surface area contributed by atoms with Gasteiger partial charge in [0.2, 0.25) is 0 Å². The molecule has 0 saturated carbocycles. The third-order valence-corrected chi connectivity index (χ3v) is 4.73. The Hall–Kier alpha value is -3.97. The lowest BCUT2D eigenvalue weighted by Gasteiger charge is -2.05. The molecule has 0 aromatic heterocycles. The van der Waals surface area contributed by atoms with Gasteiger partial charge in [-0.1, -0.05) is 12.1 Å². The van der Waals surface area contributed by atoms with Crippen LogP contribution in [0.5, 0.6) is 5.75 Å². The third-order valence-electron chi connectivity index (χ3n) is 4.08. The lowest BCUT2D eigenvalue weighted by Crippen LogP contribution is -2.32. The highest BCUT2D eigenvalue weighted by Gasteiger charge is 2.15. The van der Waals surface area contributed by atoms with Crippen molar-refractivity contribution in [3.8, 4) is 5.75 Å². The fourth-order valence-corrected chi connectivity index (χ4v) is 2.38. The molecule has 0 fully saturated rings. The van der Waals surface area contributed by atoms with Crippen LogP contribution in [-0.4, -0.2) is 108 Å². The highest BCUT2D eigenvalue weighted by atomic mass is 32.2. The van der Waals surface area contributed by atoms with Gasteiger partial charge in [0.1, 0.15) is 29.9 Å². The minimum atomic E-state index is -1.29. The summed E-state index contributed by atoms with van der Waals surface area (Å²) in [6.45, 7) is 0.